The van der Waals surface area contributed by atoms with Gasteiger partial charge in [0, 0.05) is 31.0 Å². The summed E-state index contributed by atoms with van der Waals surface area (Å²) < 4.78 is 5.20. The summed E-state index contributed by atoms with van der Waals surface area (Å²) in [6.45, 7) is 2.81. The number of aliphatic hydroxyl groups excluding tert-OH is 1. The highest BCUT2D eigenvalue weighted by Crippen LogP contribution is 2.24. The minimum absolute atomic E-state index is 0.0283. The van der Waals surface area contributed by atoms with Gasteiger partial charge in [-0.25, -0.2) is 0 Å². The maximum absolute atomic E-state index is 11.1. The van der Waals surface area contributed by atoms with Crippen LogP contribution >= 0.6 is 0 Å². The zero-order valence-corrected chi connectivity index (χ0v) is 11.1. The van der Waals surface area contributed by atoms with E-state index >= 15 is 0 Å². The van der Waals surface area contributed by atoms with Crippen LogP contribution in [0.5, 0.6) is 0 Å². The number of aliphatic hydroxyl groups is 1. The van der Waals surface area contributed by atoms with Crippen molar-refractivity contribution in [1.29, 1.82) is 0 Å². The number of aryl methyl sites for hydroxylation is 1. The van der Waals surface area contributed by atoms with Crippen molar-refractivity contribution in [3.8, 4) is 0 Å². The molecule has 1 aliphatic rings. The van der Waals surface area contributed by atoms with Crippen molar-refractivity contribution in [1.82, 2.24) is 0 Å². The fourth-order valence-electron chi connectivity index (χ4n) is 1.89. The van der Waals surface area contributed by atoms with Gasteiger partial charge in [0.15, 0.2) is 18.3 Å². The number of rotatable bonds is 5. The van der Waals surface area contributed by atoms with Crippen LogP contribution in [-0.4, -0.2) is 37.7 Å². The Labute approximate surface area is 112 Å². The molecule has 0 aromatic heterocycles. The number of anilines is 2. The number of ketones is 1. The molecule has 2 rings (SSSR count). The molecule has 0 aliphatic carbocycles. The van der Waals surface area contributed by atoms with Gasteiger partial charge in [0.2, 0.25) is 0 Å². The lowest BCUT2D eigenvalue weighted by molar-refractivity contribution is -0.115. The standard InChI is InChI=1S/C14H18N2O3/c1-10-7-11(16(2)5-6-17)3-4-13(10)15-14-8-12(18)9-19-14/h3-4,7-8,15,17H,5-6,9H2,1-2H3. The lowest BCUT2D eigenvalue weighted by Gasteiger charge is -2.19. The Morgan fingerprint density at radius 2 is 2.26 bits per heavy atom. The minimum atomic E-state index is -0.0283. The van der Waals surface area contributed by atoms with Crippen LogP contribution in [0.4, 0.5) is 11.4 Å². The van der Waals surface area contributed by atoms with E-state index in [1.54, 1.807) is 0 Å². The third-order valence-corrected chi connectivity index (χ3v) is 3.01. The van der Waals surface area contributed by atoms with Gasteiger partial charge in [-0.2, -0.15) is 0 Å². The van der Waals surface area contributed by atoms with E-state index in [0.717, 1.165) is 16.9 Å². The Hall–Kier alpha value is -2.01. The highest BCUT2D eigenvalue weighted by atomic mass is 16.5. The largest absolute Gasteiger partial charge is 0.470 e. The second kappa shape index (κ2) is 5.75. The molecule has 1 heterocycles. The molecule has 5 nitrogen and oxygen atoms in total. The summed E-state index contributed by atoms with van der Waals surface area (Å²) in [6, 6.07) is 5.92. The Bertz CT molecular complexity index is 511. The van der Waals surface area contributed by atoms with Gasteiger partial charge in [0.1, 0.15) is 0 Å². The summed E-state index contributed by atoms with van der Waals surface area (Å²) >= 11 is 0. The van der Waals surface area contributed by atoms with Crippen molar-refractivity contribution in [3.63, 3.8) is 0 Å². The fourth-order valence-corrected chi connectivity index (χ4v) is 1.89. The molecule has 0 amide bonds. The van der Waals surface area contributed by atoms with E-state index in [1.165, 1.54) is 6.08 Å². The molecule has 102 valence electrons. The average Bonchev–Trinajstić information content (AvgIpc) is 2.78. The van der Waals surface area contributed by atoms with Gasteiger partial charge in [0.25, 0.3) is 0 Å². The van der Waals surface area contributed by atoms with E-state index in [0.29, 0.717) is 12.4 Å². The number of likely N-dealkylation sites (N-methyl/N-ethyl adjacent to an activating group) is 1. The van der Waals surface area contributed by atoms with Gasteiger partial charge in [-0.1, -0.05) is 0 Å². The van der Waals surface area contributed by atoms with Crippen molar-refractivity contribution in [2.75, 3.05) is 37.0 Å². The Kier molecular flexibility index (Phi) is 4.06. The van der Waals surface area contributed by atoms with Gasteiger partial charge < -0.3 is 20.1 Å². The SMILES string of the molecule is Cc1cc(N(C)CCO)ccc1NC1=CC(=O)CO1. The predicted molar refractivity (Wildman–Crippen MR) is 74.2 cm³/mol. The molecule has 0 bridgehead atoms. The van der Waals surface area contributed by atoms with Crippen LogP contribution in [0.15, 0.2) is 30.2 Å². The number of hydrogen-bond acceptors (Lipinski definition) is 5. The van der Waals surface area contributed by atoms with Crippen molar-refractivity contribution in [3.05, 3.63) is 35.7 Å². The first-order chi connectivity index (χ1) is 9.10. The molecule has 0 unspecified atom stereocenters. The molecule has 0 saturated heterocycles. The first kappa shape index (κ1) is 13.4. The second-order valence-corrected chi connectivity index (χ2v) is 4.53. The molecule has 1 aromatic carbocycles. The maximum Gasteiger partial charge on any atom is 0.198 e. The van der Waals surface area contributed by atoms with E-state index in [9.17, 15) is 4.79 Å². The van der Waals surface area contributed by atoms with Gasteiger partial charge in [-0.3, -0.25) is 4.79 Å². The second-order valence-electron chi connectivity index (χ2n) is 4.53. The third-order valence-electron chi connectivity index (χ3n) is 3.01. The monoisotopic (exact) mass is 262 g/mol. The van der Waals surface area contributed by atoms with E-state index in [2.05, 4.69) is 5.32 Å². The Balaban J connectivity index is 2.11. The molecule has 1 aromatic rings. The van der Waals surface area contributed by atoms with E-state index < -0.39 is 0 Å². The molecule has 0 spiro atoms. The first-order valence-electron chi connectivity index (χ1n) is 6.17. The Morgan fingerprint density at radius 3 is 2.84 bits per heavy atom. The molecule has 0 atom stereocenters. The third kappa shape index (κ3) is 3.26. The molecule has 0 saturated carbocycles. The van der Waals surface area contributed by atoms with E-state index in [1.807, 2.05) is 37.1 Å². The number of nitrogens with one attached hydrogen (secondary N) is 1. The van der Waals surface area contributed by atoms with E-state index in [-0.39, 0.29) is 19.0 Å². The highest BCUT2D eigenvalue weighted by molar-refractivity contribution is 5.93. The van der Waals surface area contributed by atoms with Gasteiger partial charge >= 0.3 is 0 Å². The fraction of sp³-hybridized carbons (Fsp3) is 0.357. The molecular formula is C14H18N2O3. The van der Waals surface area contributed by atoms with Crippen molar-refractivity contribution in [2.45, 2.75) is 6.92 Å². The smallest absolute Gasteiger partial charge is 0.198 e. The van der Waals surface area contributed by atoms with Gasteiger partial charge in [-0.05, 0) is 30.7 Å². The average molecular weight is 262 g/mol. The normalized spacial score (nSPS) is 14.1. The number of nitrogens with zero attached hydrogens (tertiary/aromatic N) is 1. The summed E-state index contributed by atoms with van der Waals surface area (Å²) in [7, 11) is 1.93. The lowest BCUT2D eigenvalue weighted by Crippen LogP contribution is -2.21. The van der Waals surface area contributed by atoms with Crippen LogP contribution in [-0.2, 0) is 9.53 Å². The molecule has 0 radical (unpaired) electrons. The van der Waals surface area contributed by atoms with Crippen LogP contribution in [0.2, 0.25) is 0 Å². The van der Waals surface area contributed by atoms with Crippen LogP contribution in [0, 0.1) is 6.92 Å². The van der Waals surface area contributed by atoms with Crippen molar-refractivity contribution in [2.24, 2.45) is 0 Å². The molecule has 5 heteroatoms. The molecule has 0 fully saturated rings. The van der Waals surface area contributed by atoms with Crippen LogP contribution in [0.3, 0.4) is 0 Å². The topological polar surface area (TPSA) is 61.8 Å². The number of benzene rings is 1. The highest BCUT2D eigenvalue weighted by Gasteiger charge is 2.14. The number of carbonyl (C=O) groups excluding carboxylic acids is 1. The van der Waals surface area contributed by atoms with Crippen molar-refractivity contribution < 1.29 is 14.6 Å². The molecule has 1 aliphatic heterocycles. The van der Waals surface area contributed by atoms with Crippen LogP contribution < -0.4 is 10.2 Å². The molecule has 19 heavy (non-hydrogen) atoms. The van der Waals surface area contributed by atoms with Crippen molar-refractivity contribution >= 4 is 17.2 Å². The minimum Gasteiger partial charge on any atom is -0.470 e. The van der Waals surface area contributed by atoms with Crippen LogP contribution in [0.1, 0.15) is 5.56 Å². The summed E-state index contributed by atoms with van der Waals surface area (Å²) in [6.07, 6.45) is 1.46. The zero-order chi connectivity index (χ0) is 13.8. The van der Waals surface area contributed by atoms with Gasteiger partial charge in [0.05, 0.1) is 6.61 Å². The lowest BCUT2D eigenvalue weighted by atomic mass is 10.1. The van der Waals surface area contributed by atoms with Gasteiger partial charge in [-0.15, -0.1) is 0 Å². The summed E-state index contributed by atoms with van der Waals surface area (Å²) in [5.41, 5.74) is 2.99. The maximum atomic E-state index is 11.1. The number of ether oxygens (including phenoxy) is 1. The quantitative estimate of drug-likeness (QED) is 0.837. The summed E-state index contributed by atoms with van der Waals surface area (Å²) in [5.74, 6) is 0.462. The van der Waals surface area contributed by atoms with Crippen LogP contribution in [0.25, 0.3) is 0 Å². The molecule has 2 N–H and O–H groups in total. The summed E-state index contributed by atoms with van der Waals surface area (Å²) in [5, 5.41) is 12.0. The zero-order valence-electron chi connectivity index (χ0n) is 11.1. The number of hydrogen-bond donors (Lipinski definition) is 2. The number of carbonyl (C=O) groups is 1. The first-order valence-corrected chi connectivity index (χ1v) is 6.17. The van der Waals surface area contributed by atoms with E-state index in [4.69, 9.17) is 9.84 Å². The molecular weight excluding hydrogens is 244 g/mol. The Morgan fingerprint density at radius 1 is 1.47 bits per heavy atom. The summed E-state index contributed by atoms with van der Waals surface area (Å²) in [4.78, 5) is 13.1. The predicted octanol–water partition coefficient (Wildman–Crippen LogP) is 1.28.